The molecule has 2 heterocycles. The summed E-state index contributed by atoms with van der Waals surface area (Å²) in [4.78, 5) is 12.0. The van der Waals surface area contributed by atoms with Crippen LogP contribution in [0.1, 0.15) is 70.6 Å². The number of benzene rings is 1. The summed E-state index contributed by atoms with van der Waals surface area (Å²) in [5.74, 6) is -0.186. The Labute approximate surface area is 254 Å². The van der Waals surface area contributed by atoms with E-state index in [2.05, 4.69) is 0 Å². The molecule has 236 valence electrons. The molecule has 0 amide bonds. The van der Waals surface area contributed by atoms with Crippen LogP contribution in [0, 0.1) is 5.92 Å². The Kier molecular flexibility index (Phi) is 14.4. The molecule has 1 aromatic rings. The number of rotatable bonds is 17. The highest BCUT2D eigenvalue weighted by Crippen LogP contribution is 2.36. The summed E-state index contributed by atoms with van der Waals surface area (Å²) in [6.07, 6.45) is 12.2. The molecule has 0 bridgehead atoms. The van der Waals surface area contributed by atoms with E-state index in [1.165, 1.54) is 4.90 Å². The number of aliphatic hydroxyl groups is 1. The van der Waals surface area contributed by atoms with Crippen LogP contribution in [-0.4, -0.2) is 85.9 Å². The van der Waals surface area contributed by atoms with Crippen molar-refractivity contribution in [2.45, 2.75) is 113 Å². The third kappa shape index (κ3) is 11.1. The Bertz CT molecular complexity index is 930. The zero-order chi connectivity index (χ0) is 29.6. The minimum atomic E-state index is -0.788. The maximum atomic E-state index is 11.1. The highest BCUT2D eigenvalue weighted by atomic mass is 32.2. The highest BCUT2D eigenvalue weighted by Gasteiger charge is 2.45. The molecule has 10 heteroatoms. The molecular weight excluding hydrogens is 560 g/mol. The van der Waals surface area contributed by atoms with E-state index in [0.29, 0.717) is 45.5 Å². The van der Waals surface area contributed by atoms with Crippen molar-refractivity contribution in [2.75, 3.05) is 32.7 Å². The summed E-state index contributed by atoms with van der Waals surface area (Å²) in [7, 11) is 0. The fourth-order valence-electron chi connectivity index (χ4n) is 5.69. The summed E-state index contributed by atoms with van der Waals surface area (Å²) >= 11 is 1.68. The Morgan fingerprint density at radius 1 is 1.05 bits per heavy atom. The van der Waals surface area contributed by atoms with E-state index in [4.69, 9.17) is 33.5 Å². The van der Waals surface area contributed by atoms with E-state index in [1.807, 2.05) is 42.7 Å². The molecule has 3 fully saturated rings. The summed E-state index contributed by atoms with van der Waals surface area (Å²) in [6, 6.07) is 7.99. The molecule has 42 heavy (non-hydrogen) atoms. The second kappa shape index (κ2) is 18.2. The largest absolute Gasteiger partial charge is 0.491 e. The average molecular weight is 609 g/mol. The minimum Gasteiger partial charge on any atom is -0.491 e. The monoisotopic (exact) mass is 608 g/mol. The molecular formula is C32H48O9S. The van der Waals surface area contributed by atoms with Crippen molar-refractivity contribution in [1.29, 1.82) is 0 Å². The van der Waals surface area contributed by atoms with Gasteiger partial charge in [-0.25, -0.2) is 0 Å². The maximum absolute atomic E-state index is 11.1. The van der Waals surface area contributed by atoms with Crippen molar-refractivity contribution in [3.05, 3.63) is 36.4 Å². The smallest absolute Gasteiger partial charge is 0.303 e. The number of aliphatic carboxylic acids is 1. The SMILES string of the molecule is CSc1ccc(OCC(CO[C@@H]2[C@@H](C/C=C\CCCC(=O)O)[C@@H](O)C[C@H]2OC2CCCCO2)OC2CCCCO2)cc1. The Morgan fingerprint density at radius 3 is 2.45 bits per heavy atom. The highest BCUT2D eigenvalue weighted by molar-refractivity contribution is 7.98. The first-order valence-corrected chi connectivity index (χ1v) is 16.7. The van der Waals surface area contributed by atoms with Crippen LogP contribution >= 0.6 is 11.8 Å². The van der Waals surface area contributed by atoms with Crippen LogP contribution in [0.5, 0.6) is 5.75 Å². The van der Waals surface area contributed by atoms with Crippen LogP contribution in [0.2, 0.25) is 0 Å². The number of thioether (sulfide) groups is 1. The van der Waals surface area contributed by atoms with Gasteiger partial charge in [-0.2, -0.15) is 0 Å². The van der Waals surface area contributed by atoms with E-state index in [0.717, 1.165) is 44.3 Å². The van der Waals surface area contributed by atoms with Gasteiger partial charge < -0.3 is 38.6 Å². The molecule has 0 spiro atoms. The van der Waals surface area contributed by atoms with Crippen molar-refractivity contribution in [3.8, 4) is 5.75 Å². The van der Waals surface area contributed by atoms with Crippen LogP contribution in [0.25, 0.3) is 0 Å². The van der Waals surface area contributed by atoms with Gasteiger partial charge in [0.05, 0.1) is 24.9 Å². The lowest BCUT2D eigenvalue weighted by Crippen LogP contribution is -2.40. The van der Waals surface area contributed by atoms with Gasteiger partial charge in [-0.1, -0.05) is 12.2 Å². The Balaban J connectivity index is 1.40. The minimum absolute atomic E-state index is 0.148. The van der Waals surface area contributed by atoms with Crippen molar-refractivity contribution in [2.24, 2.45) is 5.92 Å². The van der Waals surface area contributed by atoms with Crippen LogP contribution in [0.4, 0.5) is 0 Å². The number of carbonyl (C=O) groups is 1. The zero-order valence-corrected chi connectivity index (χ0v) is 25.6. The topological polar surface area (TPSA) is 113 Å². The van der Waals surface area contributed by atoms with Gasteiger partial charge in [0.1, 0.15) is 18.5 Å². The van der Waals surface area contributed by atoms with Gasteiger partial charge in [-0.05, 0) is 88.3 Å². The van der Waals surface area contributed by atoms with Crippen LogP contribution in [0.3, 0.4) is 0 Å². The van der Waals surface area contributed by atoms with Crippen LogP contribution in [-0.2, 0) is 28.5 Å². The molecule has 1 saturated carbocycles. The molecule has 3 aliphatic rings. The second-order valence-corrected chi connectivity index (χ2v) is 12.1. The quantitative estimate of drug-likeness (QED) is 0.132. The molecule has 1 aliphatic carbocycles. The van der Waals surface area contributed by atoms with E-state index in [9.17, 15) is 9.90 Å². The van der Waals surface area contributed by atoms with Crippen LogP contribution in [0.15, 0.2) is 41.3 Å². The molecule has 4 rings (SSSR count). The van der Waals surface area contributed by atoms with Crippen molar-refractivity contribution >= 4 is 17.7 Å². The lowest BCUT2D eigenvalue weighted by Gasteiger charge is -2.32. The standard InChI is InChI=1S/C32H48O9S/c1-42-25-16-14-23(15-17-25)38-21-24(40-30-12-6-8-18-36-30)22-39-32-26(10-4-2-3-5-11-29(34)35)27(33)20-28(32)41-31-13-7-9-19-37-31/h2,4,14-17,24,26-28,30-33H,3,5-13,18-22H2,1H3,(H,34,35)/b4-2-/t24?,26-,27-,28+,30?,31?,32+/m0/s1. The summed E-state index contributed by atoms with van der Waals surface area (Å²) in [5, 5.41) is 19.9. The van der Waals surface area contributed by atoms with Gasteiger partial charge in [0.2, 0.25) is 0 Å². The number of hydrogen-bond acceptors (Lipinski definition) is 9. The first-order chi connectivity index (χ1) is 20.5. The van der Waals surface area contributed by atoms with E-state index in [1.54, 1.807) is 11.8 Å². The maximum Gasteiger partial charge on any atom is 0.303 e. The molecule has 3 unspecified atom stereocenters. The third-order valence-electron chi connectivity index (χ3n) is 8.01. The van der Waals surface area contributed by atoms with Gasteiger partial charge in [0, 0.05) is 36.9 Å². The molecule has 0 radical (unpaired) electrons. The Morgan fingerprint density at radius 2 is 1.79 bits per heavy atom. The summed E-state index contributed by atoms with van der Waals surface area (Å²) in [6.45, 7) is 1.94. The third-order valence-corrected chi connectivity index (χ3v) is 8.75. The lowest BCUT2D eigenvalue weighted by molar-refractivity contribution is -0.226. The summed E-state index contributed by atoms with van der Waals surface area (Å²) < 4.78 is 37.1. The average Bonchev–Trinajstić information content (AvgIpc) is 3.30. The van der Waals surface area contributed by atoms with E-state index < -0.39 is 12.1 Å². The molecule has 2 saturated heterocycles. The van der Waals surface area contributed by atoms with Gasteiger partial charge in [-0.3, -0.25) is 4.79 Å². The van der Waals surface area contributed by atoms with Crippen molar-refractivity contribution in [3.63, 3.8) is 0 Å². The van der Waals surface area contributed by atoms with Crippen LogP contribution < -0.4 is 4.74 Å². The van der Waals surface area contributed by atoms with Gasteiger partial charge in [0.15, 0.2) is 12.6 Å². The fraction of sp³-hybridized carbons (Fsp3) is 0.719. The first-order valence-electron chi connectivity index (χ1n) is 15.5. The number of unbranched alkanes of at least 4 members (excludes halogenated alkanes) is 1. The number of allylic oxidation sites excluding steroid dienone is 2. The number of carboxylic acid groups (broad SMARTS) is 1. The number of hydrogen-bond donors (Lipinski definition) is 2. The normalized spacial score (nSPS) is 29.1. The number of aliphatic hydroxyl groups excluding tert-OH is 1. The first kappa shape index (κ1) is 33.2. The summed E-state index contributed by atoms with van der Waals surface area (Å²) in [5.41, 5.74) is 0. The molecule has 0 aromatic heterocycles. The lowest BCUT2D eigenvalue weighted by atomic mass is 9.98. The number of ether oxygens (including phenoxy) is 6. The van der Waals surface area contributed by atoms with E-state index >= 15 is 0 Å². The van der Waals surface area contributed by atoms with Crippen molar-refractivity contribution in [1.82, 2.24) is 0 Å². The fourth-order valence-corrected chi connectivity index (χ4v) is 6.10. The predicted octanol–water partition coefficient (Wildman–Crippen LogP) is 5.58. The molecule has 2 N–H and O–H groups in total. The molecule has 2 aliphatic heterocycles. The molecule has 7 atom stereocenters. The van der Waals surface area contributed by atoms with E-state index in [-0.39, 0.29) is 49.8 Å². The zero-order valence-electron chi connectivity index (χ0n) is 24.8. The van der Waals surface area contributed by atoms with Gasteiger partial charge >= 0.3 is 5.97 Å². The predicted molar refractivity (Wildman–Crippen MR) is 160 cm³/mol. The van der Waals surface area contributed by atoms with Gasteiger partial charge in [-0.15, -0.1) is 11.8 Å². The molecule has 1 aromatic carbocycles. The number of carboxylic acids is 1. The van der Waals surface area contributed by atoms with Crippen molar-refractivity contribution < 1.29 is 43.4 Å². The second-order valence-electron chi connectivity index (χ2n) is 11.3. The Hall–Kier alpha value is -1.66. The molecule has 9 nitrogen and oxygen atoms in total. The van der Waals surface area contributed by atoms with Gasteiger partial charge in [0.25, 0.3) is 0 Å².